The Morgan fingerprint density at radius 3 is 2.13 bits per heavy atom. The molecule has 86 valence electrons. The van der Waals surface area contributed by atoms with Crippen LogP contribution in [0.2, 0.25) is 0 Å². The van der Waals surface area contributed by atoms with Crippen molar-refractivity contribution < 1.29 is 9.90 Å². The molecule has 1 heterocycles. The zero-order valence-electron chi connectivity index (χ0n) is 9.11. The number of nitrogens with one attached hydrogen (secondary N) is 1. The molecule has 0 radical (unpaired) electrons. The van der Waals surface area contributed by atoms with Crippen molar-refractivity contribution in [2.75, 3.05) is 13.1 Å². The van der Waals surface area contributed by atoms with Crippen LogP contribution in [-0.2, 0) is 0 Å². The van der Waals surface area contributed by atoms with E-state index in [0.29, 0.717) is 6.04 Å². The maximum absolute atomic E-state index is 11.3. The minimum absolute atomic E-state index is 0.256. The second kappa shape index (κ2) is 4.84. The maximum Gasteiger partial charge on any atom is 0.407 e. The monoisotopic (exact) mass is 212 g/mol. The highest BCUT2D eigenvalue weighted by Gasteiger charge is 2.32. The Hall–Kier alpha value is -0.770. The summed E-state index contributed by atoms with van der Waals surface area (Å²) in [4.78, 5) is 13.0. The van der Waals surface area contributed by atoms with E-state index < -0.39 is 6.09 Å². The molecule has 0 aromatic heterocycles. The van der Waals surface area contributed by atoms with Gasteiger partial charge in [-0.15, -0.1) is 0 Å². The Balaban J connectivity index is 2.00. The van der Waals surface area contributed by atoms with Crippen molar-refractivity contribution in [2.24, 2.45) is 0 Å². The highest BCUT2D eigenvalue weighted by molar-refractivity contribution is 5.66. The predicted octanol–water partition coefficient (Wildman–Crippen LogP) is 1.66. The molecule has 2 fully saturated rings. The lowest BCUT2D eigenvalue weighted by molar-refractivity contribution is 0.0876. The van der Waals surface area contributed by atoms with E-state index in [1.165, 1.54) is 12.8 Å². The summed E-state index contributed by atoms with van der Waals surface area (Å²) in [6.45, 7) is 1.92. The molecule has 2 N–H and O–H groups in total. The van der Waals surface area contributed by atoms with Gasteiger partial charge in [-0.05, 0) is 38.8 Å². The van der Waals surface area contributed by atoms with Crippen molar-refractivity contribution in [2.45, 2.75) is 50.6 Å². The average molecular weight is 212 g/mol. The molecule has 0 spiro atoms. The molecule has 1 saturated carbocycles. The minimum atomic E-state index is -0.714. The van der Waals surface area contributed by atoms with E-state index in [1.807, 2.05) is 0 Å². The molecule has 1 aliphatic carbocycles. The van der Waals surface area contributed by atoms with Crippen molar-refractivity contribution in [3.05, 3.63) is 0 Å². The first kappa shape index (κ1) is 10.7. The molecule has 0 bridgehead atoms. The van der Waals surface area contributed by atoms with Crippen LogP contribution in [0.1, 0.15) is 38.5 Å². The van der Waals surface area contributed by atoms with Gasteiger partial charge in [-0.1, -0.05) is 12.8 Å². The first-order chi connectivity index (χ1) is 7.29. The summed E-state index contributed by atoms with van der Waals surface area (Å²) < 4.78 is 0. The molecular formula is C11H20N2O2. The lowest BCUT2D eigenvalue weighted by Crippen LogP contribution is -2.49. The van der Waals surface area contributed by atoms with E-state index in [4.69, 9.17) is 0 Å². The topological polar surface area (TPSA) is 52.6 Å². The minimum Gasteiger partial charge on any atom is -0.465 e. The molecule has 2 rings (SSSR count). The Kier molecular flexibility index (Phi) is 3.46. The quantitative estimate of drug-likeness (QED) is 0.732. The summed E-state index contributed by atoms with van der Waals surface area (Å²) in [6, 6.07) is 0.553. The van der Waals surface area contributed by atoms with Crippen LogP contribution >= 0.6 is 0 Å². The molecule has 1 aliphatic heterocycles. The zero-order chi connectivity index (χ0) is 10.7. The van der Waals surface area contributed by atoms with Gasteiger partial charge in [0.15, 0.2) is 0 Å². The number of piperidine rings is 1. The zero-order valence-corrected chi connectivity index (χ0v) is 9.11. The Morgan fingerprint density at radius 2 is 1.60 bits per heavy atom. The van der Waals surface area contributed by atoms with Gasteiger partial charge in [0.25, 0.3) is 0 Å². The Bertz CT molecular complexity index is 221. The number of amides is 1. The van der Waals surface area contributed by atoms with Crippen LogP contribution < -0.4 is 5.32 Å². The molecule has 4 heteroatoms. The normalized spacial score (nSPS) is 24.3. The molecular weight excluding hydrogens is 192 g/mol. The van der Waals surface area contributed by atoms with Gasteiger partial charge in [-0.25, -0.2) is 4.79 Å². The lowest BCUT2D eigenvalue weighted by atomic mass is 10.0. The Labute approximate surface area is 90.6 Å². The molecule has 15 heavy (non-hydrogen) atoms. The van der Waals surface area contributed by atoms with Crippen LogP contribution in [-0.4, -0.2) is 41.3 Å². The van der Waals surface area contributed by atoms with Crippen LogP contribution in [0.3, 0.4) is 0 Å². The third-order valence-corrected chi connectivity index (χ3v) is 3.64. The van der Waals surface area contributed by atoms with E-state index in [0.717, 1.165) is 38.8 Å². The van der Waals surface area contributed by atoms with Gasteiger partial charge >= 0.3 is 6.09 Å². The molecule has 0 aromatic rings. The van der Waals surface area contributed by atoms with E-state index in [1.54, 1.807) is 4.90 Å². The maximum atomic E-state index is 11.3. The number of hydrogen-bond acceptors (Lipinski definition) is 2. The third kappa shape index (κ3) is 2.43. The van der Waals surface area contributed by atoms with Crippen molar-refractivity contribution >= 4 is 6.09 Å². The van der Waals surface area contributed by atoms with E-state index >= 15 is 0 Å². The predicted molar refractivity (Wildman–Crippen MR) is 58.0 cm³/mol. The van der Waals surface area contributed by atoms with Crippen LogP contribution in [0.4, 0.5) is 4.79 Å². The van der Waals surface area contributed by atoms with Crippen LogP contribution in [0.5, 0.6) is 0 Å². The van der Waals surface area contributed by atoms with Gasteiger partial charge in [0, 0.05) is 12.1 Å². The largest absolute Gasteiger partial charge is 0.465 e. The second-order valence-electron chi connectivity index (χ2n) is 4.61. The summed E-state index contributed by atoms with van der Waals surface area (Å²) in [5.74, 6) is 0. The standard InChI is InChI=1S/C11H20N2O2/c14-11(15)13(9-3-1-2-4-9)10-5-7-12-8-6-10/h9-10,12H,1-8H2,(H,14,15). The highest BCUT2D eigenvalue weighted by atomic mass is 16.4. The fraction of sp³-hybridized carbons (Fsp3) is 0.909. The summed E-state index contributed by atoms with van der Waals surface area (Å²) in [7, 11) is 0. The fourth-order valence-electron chi connectivity index (χ4n) is 2.88. The number of nitrogens with zero attached hydrogens (tertiary/aromatic N) is 1. The van der Waals surface area contributed by atoms with Gasteiger partial charge < -0.3 is 15.3 Å². The van der Waals surface area contributed by atoms with Crippen LogP contribution in [0.15, 0.2) is 0 Å². The van der Waals surface area contributed by atoms with Gasteiger partial charge in [-0.2, -0.15) is 0 Å². The van der Waals surface area contributed by atoms with Crippen molar-refractivity contribution in [3.8, 4) is 0 Å². The first-order valence-corrected chi connectivity index (χ1v) is 6.01. The van der Waals surface area contributed by atoms with Gasteiger partial charge in [-0.3, -0.25) is 0 Å². The molecule has 1 saturated heterocycles. The smallest absolute Gasteiger partial charge is 0.407 e. The van der Waals surface area contributed by atoms with Crippen molar-refractivity contribution in [1.29, 1.82) is 0 Å². The van der Waals surface area contributed by atoms with E-state index in [2.05, 4.69) is 5.32 Å². The Morgan fingerprint density at radius 1 is 1.07 bits per heavy atom. The molecule has 1 amide bonds. The van der Waals surface area contributed by atoms with Gasteiger partial charge in [0.05, 0.1) is 0 Å². The second-order valence-corrected chi connectivity index (χ2v) is 4.61. The van der Waals surface area contributed by atoms with Gasteiger partial charge in [0.2, 0.25) is 0 Å². The molecule has 0 atom stereocenters. The van der Waals surface area contributed by atoms with Crippen molar-refractivity contribution in [3.63, 3.8) is 0 Å². The van der Waals surface area contributed by atoms with E-state index in [-0.39, 0.29) is 6.04 Å². The van der Waals surface area contributed by atoms with Gasteiger partial charge in [0.1, 0.15) is 0 Å². The molecule has 4 nitrogen and oxygen atoms in total. The summed E-state index contributed by atoms with van der Waals surface area (Å²) in [5, 5.41) is 12.6. The van der Waals surface area contributed by atoms with Crippen LogP contribution in [0, 0.1) is 0 Å². The average Bonchev–Trinajstić information content (AvgIpc) is 2.72. The van der Waals surface area contributed by atoms with Crippen LogP contribution in [0.25, 0.3) is 0 Å². The number of hydrogen-bond donors (Lipinski definition) is 2. The molecule has 0 aromatic carbocycles. The molecule has 0 unspecified atom stereocenters. The number of rotatable bonds is 2. The number of carbonyl (C=O) groups is 1. The van der Waals surface area contributed by atoms with Crippen molar-refractivity contribution in [1.82, 2.24) is 10.2 Å². The first-order valence-electron chi connectivity index (χ1n) is 6.01. The third-order valence-electron chi connectivity index (χ3n) is 3.64. The summed E-state index contributed by atoms with van der Waals surface area (Å²) in [5.41, 5.74) is 0. The highest BCUT2D eigenvalue weighted by Crippen LogP contribution is 2.27. The summed E-state index contributed by atoms with van der Waals surface area (Å²) >= 11 is 0. The lowest BCUT2D eigenvalue weighted by Gasteiger charge is -2.36. The summed E-state index contributed by atoms with van der Waals surface area (Å²) in [6.07, 6.45) is 5.76. The van der Waals surface area contributed by atoms with E-state index in [9.17, 15) is 9.90 Å². The SMILES string of the molecule is O=C(O)N(C1CCCC1)C1CCNCC1. The fourth-order valence-corrected chi connectivity index (χ4v) is 2.88. The number of carboxylic acid groups (broad SMARTS) is 1. The molecule has 2 aliphatic rings.